The van der Waals surface area contributed by atoms with E-state index in [1.165, 1.54) is 29.3 Å². The summed E-state index contributed by atoms with van der Waals surface area (Å²) in [5, 5.41) is 7.65. The number of rotatable bonds is 2. The smallest absolute Gasteiger partial charge is 0.150 e. The van der Waals surface area contributed by atoms with Crippen LogP contribution in [0.3, 0.4) is 0 Å². The third-order valence-corrected chi connectivity index (χ3v) is 1.69. The molecule has 1 aromatic carbocycles. The van der Waals surface area contributed by atoms with Crippen LogP contribution in [-0.2, 0) is 0 Å². The van der Waals surface area contributed by atoms with Crippen LogP contribution in [0.2, 0.25) is 0 Å². The number of benzene rings is 1. The van der Waals surface area contributed by atoms with Crippen LogP contribution in [0, 0.1) is 5.82 Å². The molecule has 5 heteroatoms. The zero-order valence-electron chi connectivity index (χ0n) is 7.09. The second-order valence-corrected chi connectivity index (χ2v) is 2.68. The molecule has 70 valence electrons. The number of nitrogens with zero attached hydrogens (tertiary/aromatic N) is 3. The van der Waals surface area contributed by atoms with Crippen molar-refractivity contribution in [3.05, 3.63) is 42.0 Å². The maximum Gasteiger partial charge on any atom is 0.150 e. The Morgan fingerprint density at radius 3 is 2.57 bits per heavy atom. The van der Waals surface area contributed by atoms with Crippen LogP contribution < -0.4 is 0 Å². The van der Waals surface area contributed by atoms with Gasteiger partial charge < -0.3 is 0 Å². The number of aromatic nitrogens is 3. The molecule has 0 fully saturated rings. The highest BCUT2D eigenvalue weighted by Crippen LogP contribution is 2.10. The molecule has 14 heavy (non-hydrogen) atoms. The van der Waals surface area contributed by atoms with E-state index in [1.54, 1.807) is 0 Å². The summed E-state index contributed by atoms with van der Waals surface area (Å²) in [4.78, 5) is 11.7. The standard InChI is InChI=1S/C9H6FN3O/c10-8-3-7(6-14)4-9(5-8)13-11-1-2-12-13/h1-6H. The molecule has 1 aromatic heterocycles. The van der Waals surface area contributed by atoms with Gasteiger partial charge in [-0.2, -0.15) is 15.0 Å². The molecule has 0 spiro atoms. The summed E-state index contributed by atoms with van der Waals surface area (Å²) >= 11 is 0. The Morgan fingerprint density at radius 2 is 1.93 bits per heavy atom. The maximum atomic E-state index is 13.0. The molecule has 2 rings (SSSR count). The first-order valence-corrected chi connectivity index (χ1v) is 3.92. The van der Waals surface area contributed by atoms with E-state index in [2.05, 4.69) is 10.2 Å². The quantitative estimate of drug-likeness (QED) is 0.670. The predicted octanol–water partition coefficient (Wildman–Crippen LogP) is 1.22. The van der Waals surface area contributed by atoms with Gasteiger partial charge in [0.05, 0.1) is 18.1 Å². The highest BCUT2D eigenvalue weighted by atomic mass is 19.1. The predicted molar refractivity (Wildman–Crippen MR) is 46.7 cm³/mol. The van der Waals surface area contributed by atoms with Gasteiger partial charge in [0.25, 0.3) is 0 Å². The van der Waals surface area contributed by atoms with Crippen molar-refractivity contribution >= 4 is 6.29 Å². The second-order valence-electron chi connectivity index (χ2n) is 2.68. The number of hydrogen-bond donors (Lipinski definition) is 0. The SMILES string of the molecule is O=Cc1cc(F)cc(-n2nccn2)c1. The number of hydrogen-bond acceptors (Lipinski definition) is 3. The van der Waals surface area contributed by atoms with Gasteiger partial charge in [-0.1, -0.05) is 0 Å². The van der Waals surface area contributed by atoms with Crippen LogP contribution in [0.5, 0.6) is 0 Å². The summed E-state index contributed by atoms with van der Waals surface area (Å²) in [7, 11) is 0. The van der Waals surface area contributed by atoms with Gasteiger partial charge in [-0.25, -0.2) is 4.39 Å². The molecule has 0 radical (unpaired) electrons. The summed E-state index contributed by atoms with van der Waals surface area (Å²) in [6, 6.07) is 3.92. The minimum absolute atomic E-state index is 0.261. The van der Waals surface area contributed by atoms with Crippen molar-refractivity contribution in [2.75, 3.05) is 0 Å². The summed E-state index contributed by atoms with van der Waals surface area (Å²) in [5.74, 6) is -0.484. The van der Waals surface area contributed by atoms with Crippen molar-refractivity contribution in [1.82, 2.24) is 15.0 Å². The van der Waals surface area contributed by atoms with Gasteiger partial charge in [0, 0.05) is 11.6 Å². The molecule has 2 aromatic rings. The second kappa shape index (κ2) is 3.37. The summed E-state index contributed by atoms with van der Waals surface area (Å²) in [6.45, 7) is 0. The molecule has 4 nitrogen and oxygen atoms in total. The molecule has 1 heterocycles. The van der Waals surface area contributed by atoms with Crippen molar-refractivity contribution in [2.45, 2.75) is 0 Å². The molecule has 0 saturated heterocycles. The van der Waals surface area contributed by atoms with Gasteiger partial charge in [0.15, 0.2) is 0 Å². The zero-order chi connectivity index (χ0) is 9.97. The van der Waals surface area contributed by atoms with Crippen LogP contribution in [0.15, 0.2) is 30.6 Å². The Bertz CT molecular complexity index is 453. The molecule has 0 amide bonds. The van der Waals surface area contributed by atoms with Crippen molar-refractivity contribution in [3.63, 3.8) is 0 Å². The molecule has 0 bridgehead atoms. The van der Waals surface area contributed by atoms with Crippen molar-refractivity contribution in [3.8, 4) is 5.69 Å². The Balaban J connectivity index is 2.54. The number of aldehydes is 1. The summed E-state index contributed by atoms with van der Waals surface area (Å²) in [5.41, 5.74) is 0.689. The average molecular weight is 191 g/mol. The topological polar surface area (TPSA) is 47.8 Å². The largest absolute Gasteiger partial charge is 0.298 e. The van der Waals surface area contributed by atoms with Gasteiger partial charge in [0.2, 0.25) is 0 Å². The van der Waals surface area contributed by atoms with Crippen molar-refractivity contribution in [1.29, 1.82) is 0 Å². The third-order valence-electron chi connectivity index (χ3n) is 1.69. The van der Waals surface area contributed by atoms with E-state index in [1.807, 2.05) is 0 Å². The highest BCUT2D eigenvalue weighted by Gasteiger charge is 2.02. The molecular formula is C9H6FN3O. The lowest BCUT2D eigenvalue weighted by molar-refractivity contribution is 0.112. The van der Waals surface area contributed by atoms with Crippen LogP contribution in [0.1, 0.15) is 10.4 Å². The highest BCUT2D eigenvalue weighted by molar-refractivity contribution is 5.75. The first kappa shape index (κ1) is 8.55. The Kier molecular flexibility index (Phi) is 2.06. The van der Waals surface area contributed by atoms with E-state index in [0.29, 0.717) is 12.0 Å². The van der Waals surface area contributed by atoms with Gasteiger partial charge in [-0.3, -0.25) is 4.79 Å². The van der Waals surface area contributed by atoms with Crippen LogP contribution >= 0.6 is 0 Å². The van der Waals surface area contributed by atoms with Gasteiger partial charge in [0.1, 0.15) is 12.1 Å². The van der Waals surface area contributed by atoms with Gasteiger partial charge >= 0.3 is 0 Å². The minimum Gasteiger partial charge on any atom is -0.298 e. The lowest BCUT2D eigenvalue weighted by Gasteiger charge is -2.00. The van der Waals surface area contributed by atoms with Crippen molar-refractivity contribution in [2.24, 2.45) is 0 Å². The molecule has 0 saturated carbocycles. The van der Waals surface area contributed by atoms with E-state index in [9.17, 15) is 9.18 Å². The first-order valence-electron chi connectivity index (χ1n) is 3.92. The van der Waals surface area contributed by atoms with Gasteiger partial charge in [-0.15, -0.1) is 0 Å². The Morgan fingerprint density at radius 1 is 1.21 bits per heavy atom. The molecular weight excluding hydrogens is 185 g/mol. The molecule has 0 aliphatic heterocycles. The molecule has 0 aliphatic carbocycles. The zero-order valence-corrected chi connectivity index (χ0v) is 7.09. The fraction of sp³-hybridized carbons (Fsp3) is 0. The maximum absolute atomic E-state index is 13.0. The normalized spacial score (nSPS) is 10.1. The van der Waals surface area contributed by atoms with E-state index < -0.39 is 5.82 Å². The van der Waals surface area contributed by atoms with E-state index in [4.69, 9.17) is 0 Å². The average Bonchev–Trinajstić information content (AvgIpc) is 2.69. The lowest BCUT2D eigenvalue weighted by atomic mass is 10.2. The lowest BCUT2D eigenvalue weighted by Crippen LogP contribution is -2.00. The Hall–Kier alpha value is -2.04. The number of carbonyl (C=O) groups excluding carboxylic acids is 1. The van der Waals surface area contributed by atoms with E-state index in [0.717, 1.165) is 6.07 Å². The molecule has 0 atom stereocenters. The third kappa shape index (κ3) is 1.52. The molecule has 0 N–H and O–H groups in total. The van der Waals surface area contributed by atoms with E-state index >= 15 is 0 Å². The van der Waals surface area contributed by atoms with E-state index in [-0.39, 0.29) is 5.56 Å². The number of halogens is 1. The monoisotopic (exact) mass is 191 g/mol. The summed E-state index contributed by atoms with van der Waals surface area (Å²) < 4.78 is 13.0. The van der Waals surface area contributed by atoms with Gasteiger partial charge in [-0.05, 0) is 12.1 Å². The van der Waals surface area contributed by atoms with Crippen molar-refractivity contribution < 1.29 is 9.18 Å². The molecule has 0 unspecified atom stereocenters. The van der Waals surface area contributed by atoms with Crippen LogP contribution in [0.25, 0.3) is 5.69 Å². The van der Waals surface area contributed by atoms with Crippen LogP contribution in [-0.4, -0.2) is 21.3 Å². The first-order chi connectivity index (χ1) is 6.79. The fourth-order valence-corrected chi connectivity index (χ4v) is 1.13. The summed E-state index contributed by atoms with van der Waals surface area (Å²) in [6.07, 6.45) is 3.53. The van der Waals surface area contributed by atoms with Crippen LogP contribution in [0.4, 0.5) is 4.39 Å². The minimum atomic E-state index is -0.484. The molecule has 0 aliphatic rings. The number of carbonyl (C=O) groups is 1. The fourth-order valence-electron chi connectivity index (χ4n) is 1.13. The Labute approximate surface area is 79.0 Å².